The zero-order valence-corrected chi connectivity index (χ0v) is 11.5. The molecule has 4 heteroatoms. The first-order valence-electron chi connectivity index (χ1n) is 7.28. The van der Waals surface area contributed by atoms with Gasteiger partial charge in [-0.2, -0.15) is 5.10 Å². The third kappa shape index (κ3) is 2.39. The van der Waals surface area contributed by atoms with Crippen LogP contribution in [-0.2, 0) is 0 Å². The Morgan fingerprint density at radius 1 is 1.33 bits per heavy atom. The van der Waals surface area contributed by atoms with E-state index in [1.807, 2.05) is 4.68 Å². The fraction of sp³-hybridized carbons (Fsp3) is 0.786. The molecule has 2 atom stereocenters. The first-order chi connectivity index (χ1) is 8.72. The number of anilines is 1. The standard InChI is InChI=1S/C14H24N4/c1-11(2)18-9-6-14(16-18)15-12-5-8-17-7-3-4-13(17)10-12/h6,9,11-13H,3-5,7-8,10H2,1-2H3,(H,15,16). The lowest BCUT2D eigenvalue weighted by Crippen LogP contribution is -2.42. The summed E-state index contributed by atoms with van der Waals surface area (Å²) in [7, 11) is 0. The van der Waals surface area contributed by atoms with Crippen molar-refractivity contribution in [1.29, 1.82) is 0 Å². The van der Waals surface area contributed by atoms with Crippen molar-refractivity contribution in [2.75, 3.05) is 18.4 Å². The summed E-state index contributed by atoms with van der Waals surface area (Å²) in [6, 6.07) is 3.97. The smallest absolute Gasteiger partial charge is 0.148 e. The SMILES string of the molecule is CC(C)n1ccc(NC2CCN3CCCC3C2)n1. The molecule has 2 saturated heterocycles. The molecule has 0 saturated carbocycles. The molecule has 1 aromatic rings. The molecule has 18 heavy (non-hydrogen) atoms. The third-order valence-corrected chi connectivity index (χ3v) is 4.31. The molecule has 2 aliphatic heterocycles. The number of fused-ring (bicyclic) bond motifs is 1. The van der Waals surface area contributed by atoms with Crippen LogP contribution in [0.5, 0.6) is 0 Å². The summed E-state index contributed by atoms with van der Waals surface area (Å²) in [6.45, 7) is 6.90. The van der Waals surface area contributed by atoms with E-state index in [9.17, 15) is 0 Å². The second-order valence-corrected chi connectivity index (χ2v) is 5.97. The quantitative estimate of drug-likeness (QED) is 0.892. The first kappa shape index (κ1) is 12.0. The fourth-order valence-corrected chi connectivity index (χ4v) is 3.27. The normalized spacial score (nSPS) is 28.6. The molecule has 1 aromatic heterocycles. The van der Waals surface area contributed by atoms with Crippen molar-refractivity contribution in [3.63, 3.8) is 0 Å². The van der Waals surface area contributed by atoms with Gasteiger partial charge in [-0.15, -0.1) is 0 Å². The maximum Gasteiger partial charge on any atom is 0.148 e. The molecule has 1 N–H and O–H groups in total. The van der Waals surface area contributed by atoms with E-state index in [1.54, 1.807) is 0 Å². The highest BCUT2D eigenvalue weighted by atomic mass is 15.3. The minimum Gasteiger partial charge on any atom is -0.366 e. The molecule has 2 aliphatic rings. The lowest BCUT2D eigenvalue weighted by molar-refractivity contribution is 0.188. The molecule has 3 heterocycles. The van der Waals surface area contributed by atoms with Gasteiger partial charge in [-0.1, -0.05) is 0 Å². The Balaban J connectivity index is 1.59. The third-order valence-electron chi connectivity index (χ3n) is 4.31. The van der Waals surface area contributed by atoms with Gasteiger partial charge in [0.1, 0.15) is 5.82 Å². The zero-order valence-electron chi connectivity index (χ0n) is 11.5. The van der Waals surface area contributed by atoms with Crippen LogP contribution in [-0.4, -0.2) is 39.9 Å². The minimum atomic E-state index is 0.442. The lowest BCUT2D eigenvalue weighted by Gasteiger charge is -2.35. The molecule has 0 bridgehead atoms. The Kier molecular flexibility index (Phi) is 3.29. The number of nitrogens with zero attached hydrogens (tertiary/aromatic N) is 3. The minimum absolute atomic E-state index is 0.442. The topological polar surface area (TPSA) is 33.1 Å². The van der Waals surface area contributed by atoms with Crippen molar-refractivity contribution in [2.45, 2.75) is 57.7 Å². The molecule has 0 radical (unpaired) electrons. The summed E-state index contributed by atoms with van der Waals surface area (Å²) in [6.07, 6.45) is 7.38. The molecule has 0 aliphatic carbocycles. The van der Waals surface area contributed by atoms with E-state index in [2.05, 4.69) is 41.4 Å². The summed E-state index contributed by atoms with van der Waals surface area (Å²) < 4.78 is 2.02. The number of hydrogen-bond acceptors (Lipinski definition) is 3. The van der Waals surface area contributed by atoms with Gasteiger partial charge in [0.2, 0.25) is 0 Å². The molecule has 4 nitrogen and oxygen atoms in total. The monoisotopic (exact) mass is 248 g/mol. The zero-order chi connectivity index (χ0) is 12.5. The van der Waals surface area contributed by atoms with Gasteiger partial charge in [-0.25, -0.2) is 0 Å². The van der Waals surface area contributed by atoms with Crippen LogP contribution >= 0.6 is 0 Å². The highest BCUT2D eigenvalue weighted by molar-refractivity contribution is 5.34. The second kappa shape index (κ2) is 4.92. The summed E-state index contributed by atoms with van der Waals surface area (Å²) in [5.41, 5.74) is 0. The molecule has 0 aromatic carbocycles. The molecule has 0 amide bonds. The van der Waals surface area contributed by atoms with Crippen LogP contribution in [0.1, 0.15) is 45.6 Å². The van der Waals surface area contributed by atoms with Crippen LogP contribution in [0.15, 0.2) is 12.3 Å². The molecule has 100 valence electrons. The van der Waals surface area contributed by atoms with Crippen molar-refractivity contribution in [3.05, 3.63) is 12.3 Å². The molecule has 2 unspecified atom stereocenters. The summed E-state index contributed by atoms with van der Waals surface area (Å²) >= 11 is 0. The Hall–Kier alpha value is -1.03. The van der Waals surface area contributed by atoms with Gasteiger partial charge in [-0.3, -0.25) is 4.68 Å². The summed E-state index contributed by atoms with van der Waals surface area (Å²) in [5, 5.41) is 8.19. The van der Waals surface area contributed by atoms with Gasteiger partial charge < -0.3 is 10.2 Å². The maximum absolute atomic E-state index is 4.58. The van der Waals surface area contributed by atoms with Gasteiger partial charge in [0.05, 0.1) is 0 Å². The molecular formula is C14H24N4. The van der Waals surface area contributed by atoms with Crippen LogP contribution in [0.25, 0.3) is 0 Å². The van der Waals surface area contributed by atoms with Crippen LogP contribution in [0.3, 0.4) is 0 Å². The van der Waals surface area contributed by atoms with E-state index in [0.29, 0.717) is 12.1 Å². The van der Waals surface area contributed by atoms with E-state index in [1.165, 1.54) is 38.8 Å². The largest absolute Gasteiger partial charge is 0.366 e. The molecule has 3 rings (SSSR count). The van der Waals surface area contributed by atoms with Crippen LogP contribution in [0, 0.1) is 0 Å². The number of hydrogen-bond donors (Lipinski definition) is 1. The van der Waals surface area contributed by atoms with Crippen LogP contribution in [0.2, 0.25) is 0 Å². The Morgan fingerprint density at radius 3 is 3.00 bits per heavy atom. The van der Waals surface area contributed by atoms with Gasteiger partial charge in [0.15, 0.2) is 0 Å². The lowest BCUT2D eigenvalue weighted by atomic mass is 9.98. The molecular weight excluding hydrogens is 224 g/mol. The van der Waals surface area contributed by atoms with Gasteiger partial charge in [0.25, 0.3) is 0 Å². The number of nitrogens with one attached hydrogen (secondary N) is 1. The summed E-state index contributed by atoms with van der Waals surface area (Å²) in [4.78, 5) is 2.66. The Labute approximate surface area is 109 Å². The van der Waals surface area contributed by atoms with Gasteiger partial charge >= 0.3 is 0 Å². The van der Waals surface area contributed by atoms with E-state index in [0.717, 1.165) is 11.9 Å². The molecule has 0 spiro atoms. The van der Waals surface area contributed by atoms with Crippen molar-refractivity contribution in [1.82, 2.24) is 14.7 Å². The highest BCUT2D eigenvalue weighted by Crippen LogP contribution is 2.28. The Bertz CT molecular complexity index is 398. The number of rotatable bonds is 3. The fourth-order valence-electron chi connectivity index (χ4n) is 3.27. The average Bonchev–Trinajstić information content (AvgIpc) is 2.96. The predicted octanol–water partition coefficient (Wildman–Crippen LogP) is 2.50. The average molecular weight is 248 g/mol. The van der Waals surface area contributed by atoms with Crippen molar-refractivity contribution >= 4 is 5.82 Å². The van der Waals surface area contributed by atoms with Crippen LogP contribution < -0.4 is 5.32 Å². The van der Waals surface area contributed by atoms with Crippen molar-refractivity contribution in [2.24, 2.45) is 0 Å². The summed E-state index contributed by atoms with van der Waals surface area (Å²) in [5.74, 6) is 1.04. The van der Waals surface area contributed by atoms with Crippen molar-refractivity contribution < 1.29 is 0 Å². The predicted molar refractivity (Wildman–Crippen MR) is 73.9 cm³/mol. The van der Waals surface area contributed by atoms with Crippen LogP contribution in [0.4, 0.5) is 5.82 Å². The number of aromatic nitrogens is 2. The second-order valence-electron chi connectivity index (χ2n) is 5.97. The highest BCUT2D eigenvalue weighted by Gasteiger charge is 2.31. The van der Waals surface area contributed by atoms with Gasteiger partial charge in [0, 0.05) is 36.9 Å². The number of piperidine rings is 1. The van der Waals surface area contributed by atoms with Gasteiger partial charge in [-0.05, 0) is 46.1 Å². The van der Waals surface area contributed by atoms with Crippen molar-refractivity contribution in [3.8, 4) is 0 Å². The maximum atomic E-state index is 4.58. The molecule has 2 fully saturated rings. The van der Waals surface area contributed by atoms with E-state index >= 15 is 0 Å². The van der Waals surface area contributed by atoms with E-state index < -0.39 is 0 Å². The first-order valence-corrected chi connectivity index (χ1v) is 7.28. The van der Waals surface area contributed by atoms with E-state index in [-0.39, 0.29) is 0 Å². The van der Waals surface area contributed by atoms with E-state index in [4.69, 9.17) is 0 Å². The Morgan fingerprint density at radius 2 is 2.22 bits per heavy atom.